The van der Waals surface area contributed by atoms with Crippen LogP contribution in [0.4, 0.5) is 22.0 Å². The van der Waals surface area contributed by atoms with E-state index in [0.717, 1.165) is 5.56 Å². The average Bonchev–Trinajstić information content (AvgIpc) is 2.51. The molecular formula is C15H9ClF5NO. The van der Waals surface area contributed by atoms with Crippen molar-refractivity contribution in [2.45, 2.75) is 6.42 Å². The smallest absolute Gasteiger partial charge is 0.257 e. The van der Waals surface area contributed by atoms with Crippen molar-refractivity contribution in [3.8, 4) is 0 Å². The molecule has 23 heavy (non-hydrogen) atoms. The predicted molar refractivity (Wildman–Crippen MR) is 73.7 cm³/mol. The predicted octanol–water partition coefficient (Wildman–Crippen LogP) is 4.01. The maximum atomic E-state index is 13.5. The zero-order chi connectivity index (χ0) is 17.1. The zero-order valence-corrected chi connectivity index (χ0v) is 12.2. The molecule has 0 aliphatic heterocycles. The summed E-state index contributed by atoms with van der Waals surface area (Å²) in [5, 5.41) is 2.57. The molecule has 0 heterocycles. The quantitative estimate of drug-likeness (QED) is 0.504. The van der Waals surface area contributed by atoms with E-state index in [1.165, 1.54) is 0 Å². The molecule has 0 atom stereocenters. The highest BCUT2D eigenvalue weighted by Crippen LogP contribution is 2.22. The Morgan fingerprint density at radius 1 is 0.957 bits per heavy atom. The maximum Gasteiger partial charge on any atom is 0.257 e. The highest BCUT2D eigenvalue weighted by Gasteiger charge is 2.29. The van der Waals surface area contributed by atoms with Crippen LogP contribution in [0.25, 0.3) is 0 Å². The van der Waals surface area contributed by atoms with Gasteiger partial charge in [0.1, 0.15) is 5.56 Å². The van der Waals surface area contributed by atoms with Gasteiger partial charge in [-0.1, -0.05) is 23.7 Å². The fourth-order valence-electron chi connectivity index (χ4n) is 1.91. The Hall–Kier alpha value is -2.15. The van der Waals surface area contributed by atoms with Crippen LogP contribution in [-0.4, -0.2) is 12.5 Å². The third-order valence-corrected chi connectivity index (χ3v) is 3.26. The topological polar surface area (TPSA) is 29.1 Å². The lowest BCUT2D eigenvalue weighted by Gasteiger charge is -2.09. The van der Waals surface area contributed by atoms with Gasteiger partial charge in [0, 0.05) is 11.6 Å². The molecule has 0 bridgehead atoms. The second-order valence-electron chi connectivity index (χ2n) is 4.58. The van der Waals surface area contributed by atoms with Gasteiger partial charge in [0.15, 0.2) is 23.3 Å². The molecule has 0 unspecified atom stereocenters. The van der Waals surface area contributed by atoms with Crippen molar-refractivity contribution in [2.75, 3.05) is 6.54 Å². The van der Waals surface area contributed by atoms with Gasteiger partial charge in [-0.3, -0.25) is 4.79 Å². The molecule has 0 aromatic heterocycles. The summed E-state index contributed by atoms with van der Waals surface area (Å²) in [7, 11) is 0. The Bertz CT molecular complexity index is 737. The average molecular weight is 350 g/mol. The molecule has 0 saturated heterocycles. The molecule has 0 spiro atoms. The van der Waals surface area contributed by atoms with Gasteiger partial charge in [-0.25, -0.2) is 22.0 Å². The summed E-state index contributed by atoms with van der Waals surface area (Å²) in [4.78, 5) is 11.7. The van der Waals surface area contributed by atoms with Gasteiger partial charge >= 0.3 is 0 Å². The van der Waals surface area contributed by atoms with Crippen LogP contribution in [0.2, 0.25) is 5.02 Å². The van der Waals surface area contributed by atoms with Crippen LogP contribution in [0.5, 0.6) is 0 Å². The lowest BCUT2D eigenvalue weighted by atomic mass is 10.1. The maximum absolute atomic E-state index is 13.5. The van der Waals surface area contributed by atoms with Crippen molar-refractivity contribution in [3.05, 3.63) is 69.5 Å². The summed E-state index contributed by atoms with van der Waals surface area (Å²) < 4.78 is 65.9. The Morgan fingerprint density at radius 2 is 1.52 bits per heavy atom. The van der Waals surface area contributed by atoms with Crippen LogP contribution in [-0.2, 0) is 6.42 Å². The highest BCUT2D eigenvalue weighted by atomic mass is 35.5. The molecule has 2 rings (SSSR count). The van der Waals surface area contributed by atoms with Crippen LogP contribution in [0, 0.1) is 29.1 Å². The highest BCUT2D eigenvalue weighted by molar-refractivity contribution is 6.30. The van der Waals surface area contributed by atoms with Crippen molar-refractivity contribution < 1.29 is 26.7 Å². The number of halogens is 6. The summed E-state index contributed by atoms with van der Waals surface area (Å²) in [6, 6.07) is 6.63. The Labute approximate surface area is 132 Å². The van der Waals surface area contributed by atoms with Crippen molar-refractivity contribution in [1.82, 2.24) is 5.32 Å². The number of nitrogens with one attached hydrogen (secondary N) is 1. The summed E-state index contributed by atoms with van der Waals surface area (Å²) in [6.45, 7) is -0.0708. The van der Waals surface area contributed by atoms with Crippen LogP contribution >= 0.6 is 11.6 Å². The summed E-state index contributed by atoms with van der Waals surface area (Å²) in [5.74, 6) is -12.4. The van der Waals surface area contributed by atoms with E-state index >= 15 is 0 Å². The van der Waals surface area contributed by atoms with E-state index in [0.29, 0.717) is 5.02 Å². The molecular weight excluding hydrogens is 341 g/mol. The van der Waals surface area contributed by atoms with Gasteiger partial charge < -0.3 is 5.32 Å². The summed E-state index contributed by atoms with van der Waals surface area (Å²) >= 11 is 5.77. The lowest BCUT2D eigenvalue weighted by molar-refractivity contribution is 0.0942. The molecule has 2 nitrogen and oxygen atoms in total. The number of carbonyl (C=O) groups is 1. The first-order valence-corrected chi connectivity index (χ1v) is 6.74. The Morgan fingerprint density at radius 3 is 2.09 bits per heavy atom. The van der Waals surface area contributed by atoms with Crippen molar-refractivity contribution in [2.24, 2.45) is 0 Å². The molecule has 2 aromatic carbocycles. The van der Waals surface area contributed by atoms with Crippen molar-refractivity contribution in [1.29, 1.82) is 0 Å². The van der Waals surface area contributed by atoms with Gasteiger partial charge in [-0.2, -0.15) is 0 Å². The Balaban J connectivity index is 2.13. The van der Waals surface area contributed by atoms with E-state index in [4.69, 9.17) is 11.6 Å². The van der Waals surface area contributed by atoms with Gasteiger partial charge in [0.05, 0.1) is 0 Å². The summed E-state index contributed by atoms with van der Waals surface area (Å²) in [6.07, 6.45) is 0.266. The normalized spacial score (nSPS) is 10.7. The third kappa shape index (κ3) is 3.61. The van der Waals surface area contributed by atoms with Gasteiger partial charge in [0.2, 0.25) is 5.82 Å². The summed E-state index contributed by atoms with van der Waals surface area (Å²) in [5.41, 5.74) is -0.775. The SMILES string of the molecule is O=C(NCCc1cccc(Cl)c1)c1c(F)c(F)c(F)c(F)c1F. The lowest BCUT2D eigenvalue weighted by Crippen LogP contribution is -2.28. The van der Waals surface area contributed by atoms with E-state index in [1.807, 2.05) is 0 Å². The largest absolute Gasteiger partial charge is 0.352 e. The molecule has 0 radical (unpaired) electrons. The first kappa shape index (κ1) is 17.2. The van der Waals surface area contributed by atoms with Crippen LogP contribution in [0.1, 0.15) is 15.9 Å². The molecule has 1 N–H and O–H groups in total. The van der Waals surface area contributed by atoms with Gasteiger partial charge in [-0.05, 0) is 24.1 Å². The molecule has 0 fully saturated rings. The standard InChI is InChI=1S/C15H9ClF5NO/c16-8-3-1-2-7(6-8)4-5-22-15(23)9-10(17)12(19)14(21)13(20)11(9)18/h1-3,6H,4-5H2,(H,22,23). The van der Waals surface area contributed by atoms with E-state index in [-0.39, 0.29) is 13.0 Å². The molecule has 0 aliphatic carbocycles. The second kappa shape index (κ2) is 6.95. The molecule has 122 valence electrons. The fraction of sp³-hybridized carbons (Fsp3) is 0.133. The van der Waals surface area contributed by atoms with E-state index in [9.17, 15) is 26.7 Å². The number of rotatable bonds is 4. The van der Waals surface area contributed by atoms with Crippen LogP contribution < -0.4 is 5.32 Å². The third-order valence-electron chi connectivity index (χ3n) is 3.03. The molecule has 2 aromatic rings. The molecule has 0 saturated carbocycles. The van der Waals surface area contributed by atoms with E-state index in [2.05, 4.69) is 5.32 Å². The Kier molecular flexibility index (Phi) is 5.20. The van der Waals surface area contributed by atoms with Crippen molar-refractivity contribution in [3.63, 3.8) is 0 Å². The second-order valence-corrected chi connectivity index (χ2v) is 5.02. The van der Waals surface area contributed by atoms with Crippen LogP contribution in [0.15, 0.2) is 24.3 Å². The number of carbonyl (C=O) groups excluding carboxylic acids is 1. The number of hydrogen-bond donors (Lipinski definition) is 1. The number of amides is 1. The number of benzene rings is 2. The minimum atomic E-state index is -2.31. The minimum absolute atomic E-state index is 0.0708. The molecule has 0 aliphatic rings. The van der Waals surface area contributed by atoms with E-state index in [1.54, 1.807) is 24.3 Å². The molecule has 1 amide bonds. The van der Waals surface area contributed by atoms with Crippen LogP contribution in [0.3, 0.4) is 0 Å². The fourth-order valence-corrected chi connectivity index (χ4v) is 2.12. The number of hydrogen-bond acceptors (Lipinski definition) is 1. The van der Waals surface area contributed by atoms with Gasteiger partial charge in [0.25, 0.3) is 5.91 Å². The monoisotopic (exact) mass is 349 g/mol. The first-order valence-electron chi connectivity index (χ1n) is 6.37. The van der Waals surface area contributed by atoms with Crippen molar-refractivity contribution >= 4 is 17.5 Å². The first-order chi connectivity index (χ1) is 10.8. The van der Waals surface area contributed by atoms with Gasteiger partial charge in [-0.15, -0.1) is 0 Å². The minimum Gasteiger partial charge on any atom is -0.352 e. The molecule has 8 heteroatoms. The zero-order valence-electron chi connectivity index (χ0n) is 11.4. The van der Waals surface area contributed by atoms with E-state index < -0.39 is 40.6 Å².